The second-order valence-electron chi connectivity index (χ2n) is 6.12. The summed E-state index contributed by atoms with van der Waals surface area (Å²) < 4.78 is 32.2. The highest BCUT2D eigenvalue weighted by atomic mass is 32.2. The van der Waals surface area contributed by atoms with Gasteiger partial charge in [0.2, 0.25) is 10.0 Å². The van der Waals surface area contributed by atoms with Crippen LogP contribution in [0.2, 0.25) is 0 Å². The Hall–Kier alpha value is -2.22. The molecular weight excluding hydrogens is 338 g/mol. The average Bonchev–Trinajstić information content (AvgIpc) is 3.06. The van der Waals surface area contributed by atoms with Crippen molar-refractivity contribution in [2.45, 2.75) is 11.4 Å². The highest BCUT2D eigenvalue weighted by Crippen LogP contribution is 2.21. The predicted octanol–water partition coefficient (Wildman–Crippen LogP) is 2.33. The fraction of sp³-hybridized carbons (Fsp3) is 0.278. The number of piperazine rings is 1. The number of hydrogen-bond donors (Lipinski definition) is 0. The van der Waals surface area contributed by atoms with E-state index < -0.39 is 10.0 Å². The molecule has 0 saturated carbocycles. The number of sulfonamides is 1. The molecule has 0 bridgehead atoms. The SMILES string of the molecule is O=S(=O)(c1ccccc1)N1CCN(Cc2noc3ccccc23)CC1. The first kappa shape index (κ1) is 16.3. The van der Waals surface area contributed by atoms with E-state index in [1.165, 1.54) is 0 Å². The number of rotatable bonds is 4. The molecule has 1 aliphatic rings. The second-order valence-corrected chi connectivity index (χ2v) is 8.06. The number of para-hydroxylation sites is 1. The summed E-state index contributed by atoms with van der Waals surface area (Å²) in [5, 5.41) is 5.17. The number of hydrogen-bond acceptors (Lipinski definition) is 5. The maximum Gasteiger partial charge on any atom is 0.243 e. The quantitative estimate of drug-likeness (QED) is 0.717. The third-order valence-corrected chi connectivity index (χ3v) is 6.45. The van der Waals surface area contributed by atoms with Crippen molar-refractivity contribution in [3.05, 3.63) is 60.3 Å². The van der Waals surface area contributed by atoms with Crippen molar-refractivity contribution >= 4 is 21.0 Å². The second kappa shape index (κ2) is 6.59. The van der Waals surface area contributed by atoms with Gasteiger partial charge in [-0.1, -0.05) is 35.5 Å². The Morgan fingerprint density at radius 2 is 1.60 bits per heavy atom. The Morgan fingerprint density at radius 1 is 0.920 bits per heavy atom. The smallest absolute Gasteiger partial charge is 0.243 e. The summed E-state index contributed by atoms with van der Waals surface area (Å²) in [4.78, 5) is 2.56. The fourth-order valence-electron chi connectivity index (χ4n) is 3.13. The lowest BCUT2D eigenvalue weighted by Gasteiger charge is -2.33. The van der Waals surface area contributed by atoms with Crippen LogP contribution in [0.5, 0.6) is 0 Å². The summed E-state index contributed by atoms with van der Waals surface area (Å²) in [5.41, 5.74) is 1.68. The Kier molecular flexibility index (Phi) is 4.29. The summed E-state index contributed by atoms with van der Waals surface area (Å²) >= 11 is 0. The van der Waals surface area contributed by atoms with E-state index >= 15 is 0 Å². The van der Waals surface area contributed by atoms with Crippen LogP contribution >= 0.6 is 0 Å². The van der Waals surface area contributed by atoms with Gasteiger partial charge in [0.15, 0.2) is 5.58 Å². The van der Waals surface area contributed by atoms with E-state index in [1.807, 2.05) is 30.3 Å². The third-order valence-electron chi connectivity index (χ3n) is 4.54. The van der Waals surface area contributed by atoms with Crippen molar-refractivity contribution in [2.24, 2.45) is 0 Å². The highest BCUT2D eigenvalue weighted by molar-refractivity contribution is 7.89. The van der Waals surface area contributed by atoms with Crippen molar-refractivity contribution in [1.29, 1.82) is 0 Å². The van der Waals surface area contributed by atoms with E-state index in [1.54, 1.807) is 28.6 Å². The van der Waals surface area contributed by atoms with Crippen LogP contribution in [0.25, 0.3) is 11.0 Å². The Labute approximate surface area is 146 Å². The van der Waals surface area contributed by atoms with Gasteiger partial charge in [-0.3, -0.25) is 4.90 Å². The monoisotopic (exact) mass is 357 g/mol. The average molecular weight is 357 g/mol. The van der Waals surface area contributed by atoms with E-state index in [9.17, 15) is 8.42 Å². The molecule has 0 atom stereocenters. The highest BCUT2D eigenvalue weighted by Gasteiger charge is 2.28. The van der Waals surface area contributed by atoms with Gasteiger partial charge in [-0.05, 0) is 24.3 Å². The topological polar surface area (TPSA) is 66.7 Å². The predicted molar refractivity (Wildman–Crippen MR) is 94.5 cm³/mol. The van der Waals surface area contributed by atoms with Crippen LogP contribution in [0.3, 0.4) is 0 Å². The first-order chi connectivity index (χ1) is 12.1. The van der Waals surface area contributed by atoms with E-state index in [4.69, 9.17) is 4.52 Å². The minimum Gasteiger partial charge on any atom is -0.356 e. The molecule has 0 aliphatic carbocycles. The van der Waals surface area contributed by atoms with Gasteiger partial charge >= 0.3 is 0 Å². The van der Waals surface area contributed by atoms with Crippen molar-refractivity contribution in [1.82, 2.24) is 14.4 Å². The number of benzene rings is 2. The molecular formula is C18H19N3O3S. The van der Waals surface area contributed by atoms with Crippen LogP contribution in [-0.2, 0) is 16.6 Å². The molecule has 1 fully saturated rings. The van der Waals surface area contributed by atoms with Crippen molar-refractivity contribution in [3.8, 4) is 0 Å². The molecule has 25 heavy (non-hydrogen) atoms. The minimum absolute atomic E-state index is 0.353. The first-order valence-corrected chi connectivity index (χ1v) is 9.69. The van der Waals surface area contributed by atoms with Crippen molar-refractivity contribution in [3.63, 3.8) is 0 Å². The molecule has 1 aliphatic heterocycles. The fourth-order valence-corrected chi connectivity index (χ4v) is 4.58. The summed E-state index contributed by atoms with van der Waals surface area (Å²) in [7, 11) is -3.41. The Morgan fingerprint density at radius 3 is 2.36 bits per heavy atom. The lowest BCUT2D eigenvalue weighted by Crippen LogP contribution is -2.48. The van der Waals surface area contributed by atoms with Crippen LogP contribution in [0.15, 0.2) is 64.0 Å². The van der Waals surface area contributed by atoms with E-state index in [0.717, 1.165) is 16.7 Å². The maximum atomic E-state index is 12.7. The summed E-state index contributed by atoms with van der Waals surface area (Å²) in [6.45, 7) is 2.97. The van der Waals surface area contributed by atoms with Crippen LogP contribution < -0.4 is 0 Å². The van der Waals surface area contributed by atoms with Gasteiger partial charge in [0.1, 0.15) is 5.69 Å². The number of fused-ring (bicyclic) bond motifs is 1. The summed E-state index contributed by atoms with van der Waals surface area (Å²) in [6.07, 6.45) is 0. The van der Waals surface area contributed by atoms with Crippen LogP contribution in [0, 0.1) is 0 Å². The van der Waals surface area contributed by atoms with E-state index in [2.05, 4.69) is 10.1 Å². The number of nitrogens with zero attached hydrogens (tertiary/aromatic N) is 3. The standard InChI is InChI=1S/C18H19N3O3S/c22-25(23,15-6-2-1-3-7-15)21-12-10-20(11-13-21)14-17-16-8-4-5-9-18(16)24-19-17/h1-9H,10-14H2. The van der Waals surface area contributed by atoms with Gasteiger partial charge in [-0.15, -0.1) is 0 Å². The zero-order chi connectivity index (χ0) is 17.3. The van der Waals surface area contributed by atoms with Gasteiger partial charge in [0.05, 0.1) is 4.90 Å². The minimum atomic E-state index is -3.41. The van der Waals surface area contributed by atoms with Crippen LogP contribution in [-0.4, -0.2) is 49.0 Å². The van der Waals surface area contributed by atoms with Crippen molar-refractivity contribution < 1.29 is 12.9 Å². The van der Waals surface area contributed by atoms with Gasteiger partial charge in [0.25, 0.3) is 0 Å². The van der Waals surface area contributed by atoms with E-state index in [0.29, 0.717) is 37.6 Å². The molecule has 1 saturated heterocycles. The van der Waals surface area contributed by atoms with Crippen molar-refractivity contribution in [2.75, 3.05) is 26.2 Å². The maximum absolute atomic E-state index is 12.7. The van der Waals surface area contributed by atoms with Gasteiger partial charge in [-0.2, -0.15) is 4.31 Å². The molecule has 0 amide bonds. The molecule has 1 aromatic heterocycles. The largest absolute Gasteiger partial charge is 0.356 e. The zero-order valence-electron chi connectivity index (χ0n) is 13.7. The summed E-state index contributed by atoms with van der Waals surface area (Å²) in [5.74, 6) is 0. The van der Waals surface area contributed by atoms with Gasteiger partial charge in [-0.25, -0.2) is 8.42 Å². The lowest BCUT2D eigenvalue weighted by molar-refractivity contribution is 0.178. The molecule has 0 radical (unpaired) electrons. The molecule has 2 heterocycles. The molecule has 0 N–H and O–H groups in total. The molecule has 2 aromatic carbocycles. The first-order valence-electron chi connectivity index (χ1n) is 8.25. The zero-order valence-corrected chi connectivity index (χ0v) is 14.5. The van der Waals surface area contributed by atoms with Gasteiger partial charge < -0.3 is 4.52 Å². The molecule has 4 rings (SSSR count). The Bertz CT molecular complexity index is 961. The lowest BCUT2D eigenvalue weighted by atomic mass is 10.2. The molecule has 6 nitrogen and oxygen atoms in total. The van der Waals surface area contributed by atoms with Crippen LogP contribution in [0.4, 0.5) is 0 Å². The van der Waals surface area contributed by atoms with Gasteiger partial charge in [0, 0.05) is 38.1 Å². The molecule has 0 spiro atoms. The van der Waals surface area contributed by atoms with Crippen LogP contribution in [0.1, 0.15) is 5.69 Å². The summed E-state index contributed by atoms with van der Waals surface area (Å²) in [6, 6.07) is 16.4. The Balaban J connectivity index is 1.43. The number of aromatic nitrogens is 1. The molecule has 7 heteroatoms. The molecule has 130 valence electrons. The normalized spacial score (nSPS) is 17.1. The molecule has 0 unspecified atom stereocenters. The van der Waals surface area contributed by atoms with E-state index in [-0.39, 0.29) is 0 Å². The third kappa shape index (κ3) is 3.18. The molecule has 3 aromatic rings.